The van der Waals surface area contributed by atoms with Gasteiger partial charge in [-0.25, -0.2) is 0 Å². The lowest BCUT2D eigenvalue weighted by Crippen LogP contribution is -2.34. The maximum atomic E-state index is 12.0. The molecule has 110 valence electrons. The molecule has 0 saturated heterocycles. The van der Waals surface area contributed by atoms with Crippen molar-refractivity contribution < 1.29 is 19.4 Å². The molecule has 1 amide bonds. The number of carboxylic acid groups (broad SMARTS) is 1. The number of carbonyl (C=O) groups excluding carboxylic acids is 1. The van der Waals surface area contributed by atoms with Crippen LogP contribution in [0.1, 0.15) is 12.5 Å². The van der Waals surface area contributed by atoms with Crippen molar-refractivity contribution in [3.63, 3.8) is 0 Å². The standard InChI is InChI=1S/C16H17NO4/c1-3-11-17(12-16(19)20)15(18)10-9-13-7-5-6-8-14(13)21-4-2/h1,5-10H,4,11-12H2,2H3,(H,19,20). The second kappa shape index (κ2) is 8.43. The Morgan fingerprint density at radius 2 is 2.14 bits per heavy atom. The fraction of sp³-hybridized carbons (Fsp3) is 0.250. The van der Waals surface area contributed by atoms with Crippen molar-refractivity contribution in [2.45, 2.75) is 6.92 Å². The Kier molecular flexibility index (Phi) is 6.55. The number of carboxylic acids is 1. The number of amides is 1. The van der Waals surface area contributed by atoms with E-state index in [1.807, 2.05) is 19.1 Å². The van der Waals surface area contributed by atoms with Gasteiger partial charge in [-0.1, -0.05) is 24.1 Å². The van der Waals surface area contributed by atoms with Gasteiger partial charge in [-0.15, -0.1) is 6.42 Å². The molecule has 0 aliphatic rings. The highest BCUT2D eigenvalue weighted by Gasteiger charge is 2.13. The molecule has 5 nitrogen and oxygen atoms in total. The highest BCUT2D eigenvalue weighted by atomic mass is 16.5. The molecule has 0 radical (unpaired) electrons. The van der Waals surface area contributed by atoms with Crippen LogP contribution in [0.2, 0.25) is 0 Å². The van der Waals surface area contributed by atoms with Gasteiger partial charge in [-0.05, 0) is 19.1 Å². The Balaban J connectivity index is 2.85. The molecule has 0 atom stereocenters. The average Bonchev–Trinajstić information content (AvgIpc) is 2.45. The summed E-state index contributed by atoms with van der Waals surface area (Å²) in [5.74, 6) is 1.36. The summed E-state index contributed by atoms with van der Waals surface area (Å²) < 4.78 is 5.44. The van der Waals surface area contributed by atoms with Gasteiger partial charge in [0, 0.05) is 11.6 Å². The largest absolute Gasteiger partial charge is 0.493 e. The van der Waals surface area contributed by atoms with E-state index in [4.69, 9.17) is 16.3 Å². The second-order valence-corrected chi connectivity index (χ2v) is 4.10. The Labute approximate surface area is 123 Å². The molecule has 21 heavy (non-hydrogen) atoms. The van der Waals surface area contributed by atoms with E-state index in [1.165, 1.54) is 6.08 Å². The Morgan fingerprint density at radius 1 is 1.43 bits per heavy atom. The molecule has 0 spiro atoms. The van der Waals surface area contributed by atoms with Crippen LogP contribution in [0.5, 0.6) is 5.75 Å². The number of benzene rings is 1. The third-order valence-electron chi connectivity index (χ3n) is 2.54. The predicted molar refractivity (Wildman–Crippen MR) is 79.7 cm³/mol. The van der Waals surface area contributed by atoms with Crippen LogP contribution in [-0.4, -0.2) is 41.6 Å². The lowest BCUT2D eigenvalue weighted by atomic mass is 10.2. The number of carbonyl (C=O) groups is 2. The molecular weight excluding hydrogens is 270 g/mol. The lowest BCUT2D eigenvalue weighted by molar-refractivity contribution is -0.142. The van der Waals surface area contributed by atoms with E-state index in [0.29, 0.717) is 12.4 Å². The number of aliphatic carboxylic acids is 1. The lowest BCUT2D eigenvalue weighted by Gasteiger charge is -2.15. The van der Waals surface area contributed by atoms with Crippen LogP contribution in [0, 0.1) is 12.3 Å². The molecule has 1 aromatic rings. The van der Waals surface area contributed by atoms with Gasteiger partial charge >= 0.3 is 5.97 Å². The van der Waals surface area contributed by atoms with Gasteiger partial charge in [0.1, 0.15) is 12.3 Å². The van der Waals surface area contributed by atoms with Crippen molar-refractivity contribution in [1.29, 1.82) is 0 Å². The number of hydrogen-bond donors (Lipinski definition) is 1. The third kappa shape index (κ3) is 5.41. The summed E-state index contributed by atoms with van der Waals surface area (Å²) in [7, 11) is 0. The zero-order valence-electron chi connectivity index (χ0n) is 11.8. The summed E-state index contributed by atoms with van der Waals surface area (Å²) in [6.45, 7) is 1.90. The van der Waals surface area contributed by atoms with E-state index in [1.54, 1.807) is 18.2 Å². The van der Waals surface area contributed by atoms with Crippen molar-refractivity contribution in [2.24, 2.45) is 0 Å². The molecule has 1 N–H and O–H groups in total. The van der Waals surface area contributed by atoms with Crippen LogP contribution in [0.15, 0.2) is 30.3 Å². The van der Waals surface area contributed by atoms with E-state index in [-0.39, 0.29) is 6.54 Å². The molecule has 0 bridgehead atoms. The Morgan fingerprint density at radius 3 is 2.76 bits per heavy atom. The molecule has 1 rings (SSSR count). The second-order valence-electron chi connectivity index (χ2n) is 4.10. The topological polar surface area (TPSA) is 66.8 Å². The molecule has 5 heteroatoms. The summed E-state index contributed by atoms with van der Waals surface area (Å²) in [6.07, 6.45) is 8.00. The van der Waals surface area contributed by atoms with Gasteiger partial charge < -0.3 is 14.7 Å². The SMILES string of the molecule is C#CCN(CC(=O)O)C(=O)C=Cc1ccccc1OCC. The molecule has 0 fully saturated rings. The van der Waals surface area contributed by atoms with Crippen LogP contribution >= 0.6 is 0 Å². The molecular formula is C16H17NO4. The summed E-state index contributed by atoms with van der Waals surface area (Å²) in [4.78, 5) is 23.7. The molecule has 0 aliphatic heterocycles. The van der Waals surface area contributed by atoms with Crippen LogP contribution in [-0.2, 0) is 9.59 Å². The molecule has 0 aliphatic carbocycles. The number of terminal acetylenes is 1. The minimum Gasteiger partial charge on any atom is -0.493 e. The van der Waals surface area contributed by atoms with Gasteiger partial charge in [-0.2, -0.15) is 0 Å². The van der Waals surface area contributed by atoms with E-state index in [2.05, 4.69) is 5.92 Å². The molecule has 0 saturated carbocycles. The van der Waals surface area contributed by atoms with Gasteiger partial charge in [0.05, 0.1) is 13.2 Å². The van der Waals surface area contributed by atoms with Crippen LogP contribution in [0.3, 0.4) is 0 Å². The van der Waals surface area contributed by atoms with E-state index >= 15 is 0 Å². The highest BCUT2D eigenvalue weighted by molar-refractivity contribution is 5.94. The average molecular weight is 287 g/mol. The van der Waals surface area contributed by atoms with Crippen molar-refractivity contribution in [3.8, 4) is 18.1 Å². The van der Waals surface area contributed by atoms with Crippen molar-refractivity contribution in [2.75, 3.05) is 19.7 Å². The monoisotopic (exact) mass is 287 g/mol. The van der Waals surface area contributed by atoms with E-state index < -0.39 is 18.4 Å². The smallest absolute Gasteiger partial charge is 0.323 e. The highest BCUT2D eigenvalue weighted by Crippen LogP contribution is 2.19. The summed E-state index contributed by atoms with van der Waals surface area (Å²) in [5.41, 5.74) is 0.740. The first-order chi connectivity index (χ1) is 10.1. The first kappa shape index (κ1) is 16.3. The van der Waals surface area contributed by atoms with Crippen LogP contribution in [0.4, 0.5) is 0 Å². The first-order valence-electron chi connectivity index (χ1n) is 6.42. The van der Waals surface area contributed by atoms with Gasteiger partial charge in [0.25, 0.3) is 0 Å². The van der Waals surface area contributed by atoms with Crippen LogP contribution in [0.25, 0.3) is 6.08 Å². The maximum absolute atomic E-state index is 12.0. The predicted octanol–water partition coefficient (Wildman–Crippen LogP) is 1.64. The summed E-state index contributed by atoms with van der Waals surface area (Å²) in [5, 5.41) is 8.75. The maximum Gasteiger partial charge on any atom is 0.323 e. The van der Waals surface area contributed by atoms with Crippen molar-refractivity contribution in [3.05, 3.63) is 35.9 Å². The van der Waals surface area contributed by atoms with Crippen molar-refractivity contribution in [1.82, 2.24) is 4.90 Å². The van der Waals surface area contributed by atoms with Gasteiger partial charge in [0.2, 0.25) is 5.91 Å². The van der Waals surface area contributed by atoms with Gasteiger partial charge in [-0.3, -0.25) is 9.59 Å². The summed E-state index contributed by atoms with van der Waals surface area (Å²) >= 11 is 0. The summed E-state index contributed by atoms with van der Waals surface area (Å²) in [6, 6.07) is 7.25. The number of rotatable bonds is 7. The molecule has 0 unspecified atom stereocenters. The Bertz CT molecular complexity index is 572. The normalized spacial score (nSPS) is 10.1. The number of hydrogen-bond acceptors (Lipinski definition) is 3. The zero-order valence-corrected chi connectivity index (χ0v) is 11.8. The van der Waals surface area contributed by atoms with Crippen molar-refractivity contribution >= 4 is 18.0 Å². The van der Waals surface area contributed by atoms with E-state index in [9.17, 15) is 9.59 Å². The quantitative estimate of drug-likeness (QED) is 0.611. The fourth-order valence-corrected chi connectivity index (χ4v) is 1.66. The minimum absolute atomic E-state index is 0.0530. The minimum atomic E-state index is -1.11. The molecule has 0 aromatic heterocycles. The Hall–Kier alpha value is -2.74. The molecule has 1 aromatic carbocycles. The zero-order chi connectivity index (χ0) is 15.7. The molecule has 0 heterocycles. The number of ether oxygens (including phenoxy) is 1. The third-order valence-corrected chi connectivity index (χ3v) is 2.54. The first-order valence-corrected chi connectivity index (χ1v) is 6.42. The van der Waals surface area contributed by atoms with E-state index in [0.717, 1.165) is 10.5 Å². The van der Waals surface area contributed by atoms with Crippen LogP contribution < -0.4 is 4.74 Å². The number of para-hydroxylation sites is 1. The number of nitrogens with zero attached hydrogens (tertiary/aromatic N) is 1. The fourth-order valence-electron chi connectivity index (χ4n) is 1.66. The van der Waals surface area contributed by atoms with Gasteiger partial charge in [0.15, 0.2) is 0 Å².